The summed E-state index contributed by atoms with van der Waals surface area (Å²) in [6, 6.07) is 0. The first-order valence-corrected chi connectivity index (χ1v) is 6.30. The van der Waals surface area contributed by atoms with Gasteiger partial charge in [0, 0.05) is 32.0 Å². The van der Waals surface area contributed by atoms with Crippen molar-refractivity contribution in [1.29, 1.82) is 0 Å². The van der Waals surface area contributed by atoms with Crippen molar-refractivity contribution in [3.63, 3.8) is 0 Å². The minimum Gasteiger partial charge on any atom is -0.378 e. The van der Waals surface area contributed by atoms with Crippen molar-refractivity contribution in [1.82, 2.24) is 14.9 Å². The molecule has 0 saturated carbocycles. The average Bonchev–Trinajstić information content (AvgIpc) is 2.46. The summed E-state index contributed by atoms with van der Waals surface area (Å²) in [6.07, 6.45) is 5.09. The van der Waals surface area contributed by atoms with Crippen LogP contribution in [-0.2, 0) is 9.47 Å². The zero-order valence-electron chi connectivity index (χ0n) is 10.3. The highest BCUT2D eigenvalue weighted by atomic mass is 16.5. The van der Waals surface area contributed by atoms with Gasteiger partial charge in [0.25, 0.3) is 0 Å². The molecular formula is C12H18N4O2. The maximum absolute atomic E-state index is 5.63. The maximum Gasteiger partial charge on any atom is 0.144 e. The number of hydrogen-bond acceptors (Lipinski definition) is 6. The largest absolute Gasteiger partial charge is 0.378 e. The van der Waals surface area contributed by atoms with E-state index in [1.54, 1.807) is 18.6 Å². The van der Waals surface area contributed by atoms with Crippen molar-refractivity contribution in [2.24, 2.45) is 0 Å². The molecule has 1 N–H and O–H groups in total. The molecular weight excluding hydrogens is 232 g/mol. The van der Waals surface area contributed by atoms with Gasteiger partial charge in [-0.25, -0.2) is 4.98 Å². The number of nitrogens with one attached hydrogen (secondary N) is 1. The summed E-state index contributed by atoms with van der Waals surface area (Å²) >= 11 is 0. The lowest BCUT2D eigenvalue weighted by molar-refractivity contribution is -0.135. The summed E-state index contributed by atoms with van der Waals surface area (Å²) < 4.78 is 11.3. The SMILES string of the molecule is c1cnc(NCC23COCCN2CCOC3)cn1. The lowest BCUT2D eigenvalue weighted by Crippen LogP contribution is -2.66. The van der Waals surface area contributed by atoms with Gasteiger partial charge in [-0.15, -0.1) is 0 Å². The third kappa shape index (κ3) is 2.31. The van der Waals surface area contributed by atoms with E-state index in [0.717, 1.165) is 38.7 Å². The standard InChI is InChI=1S/C12H18N4O2/c1-2-14-11(7-13-1)15-8-12-9-17-5-3-16(12)4-6-18-10-12/h1-2,7H,3-6,8-10H2,(H,14,15). The van der Waals surface area contributed by atoms with E-state index in [0.29, 0.717) is 13.2 Å². The van der Waals surface area contributed by atoms with Gasteiger partial charge in [-0.2, -0.15) is 0 Å². The van der Waals surface area contributed by atoms with E-state index in [1.807, 2.05) is 0 Å². The fourth-order valence-corrected chi connectivity index (χ4v) is 2.54. The van der Waals surface area contributed by atoms with E-state index in [4.69, 9.17) is 9.47 Å². The van der Waals surface area contributed by atoms with Crippen LogP contribution in [0.1, 0.15) is 0 Å². The van der Waals surface area contributed by atoms with Gasteiger partial charge in [0.15, 0.2) is 0 Å². The summed E-state index contributed by atoms with van der Waals surface area (Å²) in [7, 11) is 0. The van der Waals surface area contributed by atoms with Crippen LogP contribution < -0.4 is 5.32 Å². The second-order valence-corrected chi connectivity index (χ2v) is 4.76. The minimum absolute atomic E-state index is 0.0615. The molecule has 0 bridgehead atoms. The van der Waals surface area contributed by atoms with Crippen molar-refractivity contribution in [3.05, 3.63) is 18.6 Å². The summed E-state index contributed by atoms with van der Waals surface area (Å²) in [5.41, 5.74) is -0.0615. The topological polar surface area (TPSA) is 59.5 Å². The first-order chi connectivity index (χ1) is 8.89. The van der Waals surface area contributed by atoms with E-state index in [2.05, 4.69) is 20.2 Å². The molecule has 2 aliphatic rings. The minimum atomic E-state index is -0.0615. The fourth-order valence-electron chi connectivity index (χ4n) is 2.54. The Balaban J connectivity index is 1.68. The molecule has 0 aromatic carbocycles. The van der Waals surface area contributed by atoms with Gasteiger partial charge >= 0.3 is 0 Å². The van der Waals surface area contributed by atoms with Crippen LogP contribution in [0, 0.1) is 0 Å². The first kappa shape index (κ1) is 11.8. The van der Waals surface area contributed by atoms with Gasteiger partial charge in [-0.3, -0.25) is 9.88 Å². The smallest absolute Gasteiger partial charge is 0.144 e. The molecule has 1 aromatic heterocycles. The van der Waals surface area contributed by atoms with E-state index in [9.17, 15) is 0 Å². The Morgan fingerprint density at radius 2 is 2.00 bits per heavy atom. The van der Waals surface area contributed by atoms with E-state index >= 15 is 0 Å². The fraction of sp³-hybridized carbons (Fsp3) is 0.667. The third-order valence-electron chi connectivity index (χ3n) is 3.59. The van der Waals surface area contributed by atoms with Crippen molar-refractivity contribution in [2.45, 2.75) is 5.54 Å². The number of rotatable bonds is 3. The Morgan fingerprint density at radius 3 is 2.67 bits per heavy atom. The molecule has 3 heterocycles. The second kappa shape index (κ2) is 5.17. The molecule has 6 nitrogen and oxygen atoms in total. The van der Waals surface area contributed by atoms with Crippen LogP contribution in [0.3, 0.4) is 0 Å². The highest BCUT2D eigenvalue weighted by Crippen LogP contribution is 2.24. The van der Waals surface area contributed by atoms with Gasteiger partial charge in [0.05, 0.1) is 38.2 Å². The zero-order chi connectivity index (χ0) is 12.3. The average molecular weight is 250 g/mol. The number of morpholine rings is 2. The van der Waals surface area contributed by atoms with Gasteiger partial charge in [0.1, 0.15) is 5.82 Å². The molecule has 2 aliphatic heterocycles. The molecule has 3 rings (SSSR count). The molecule has 2 saturated heterocycles. The van der Waals surface area contributed by atoms with Gasteiger partial charge in [-0.05, 0) is 0 Å². The molecule has 0 amide bonds. The lowest BCUT2D eigenvalue weighted by atomic mass is 9.96. The number of aromatic nitrogens is 2. The molecule has 2 fully saturated rings. The Hall–Kier alpha value is -1.24. The Morgan fingerprint density at radius 1 is 1.22 bits per heavy atom. The molecule has 0 atom stereocenters. The third-order valence-corrected chi connectivity index (χ3v) is 3.59. The van der Waals surface area contributed by atoms with Crippen LogP contribution in [0.25, 0.3) is 0 Å². The van der Waals surface area contributed by atoms with E-state index in [-0.39, 0.29) is 5.54 Å². The van der Waals surface area contributed by atoms with Crippen molar-refractivity contribution in [2.75, 3.05) is 51.4 Å². The van der Waals surface area contributed by atoms with Gasteiger partial charge < -0.3 is 14.8 Å². The predicted octanol–water partition coefficient (Wildman–Crippen LogP) is -0.0103. The number of anilines is 1. The number of hydrogen-bond donors (Lipinski definition) is 1. The highest BCUT2D eigenvalue weighted by Gasteiger charge is 2.42. The summed E-state index contributed by atoms with van der Waals surface area (Å²) in [5.74, 6) is 0.794. The van der Waals surface area contributed by atoms with Crippen LogP contribution in [0.4, 0.5) is 5.82 Å². The molecule has 0 unspecified atom stereocenters. The second-order valence-electron chi connectivity index (χ2n) is 4.76. The molecule has 0 aliphatic carbocycles. The van der Waals surface area contributed by atoms with Crippen LogP contribution in [0.2, 0.25) is 0 Å². The summed E-state index contributed by atoms with van der Waals surface area (Å²) in [6.45, 7) is 5.77. The molecule has 1 aromatic rings. The quantitative estimate of drug-likeness (QED) is 0.814. The Bertz CT molecular complexity index is 375. The van der Waals surface area contributed by atoms with Crippen LogP contribution >= 0.6 is 0 Å². The molecule has 0 radical (unpaired) electrons. The number of nitrogens with zero attached hydrogens (tertiary/aromatic N) is 3. The summed E-state index contributed by atoms with van der Waals surface area (Å²) in [5, 5.41) is 3.33. The van der Waals surface area contributed by atoms with Crippen LogP contribution in [-0.4, -0.2) is 66.5 Å². The molecule has 6 heteroatoms. The van der Waals surface area contributed by atoms with Crippen molar-refractivity contribution >= 4 is 5.82 Å². The lowest BCUT2D eigenvalue weighted by Gasteiger charge is -2.49. The van der Waals surface area contributed by atoms with Gasteiger partial charge in [-0.1, -0.05) is 0 Å². The van der Waals surface area contributed by atoms with E-state index < -0.39 is 0 Å². The highest BCUT2D eigenvalue weighted by molar-refractivity contribution is 5.31. The monoisotopic (exact) mass is 250 g/mol. The molecule has 98 valence electrons. The normalized spacial score (nSPS) is 23.3. The van der Waals surface area contributed by atoms with Crippen molar-refractivity contribution < 1.29 is 9.47 Å². The summed E-state index contributed by atoms with van der Waals surface area (Å²) in [4.78, 5) is 10.7. The number of ether oxygens (including phenoxy) is 2. The Labute approximate surface area is 106 Å². The van der Waals surface area contributed by atoms with Gasteiger partial charge in [0.2, 0.25) is 0 Å². The first-order valence-electron chi connectivity index (χ1n) is 6.30. The van der Waals surface area contributed by atoms with Crippen LogP contribution in [0.15, 0.2) is 18.6 Å². The molecule has 0 spiro atoms. The Kier molecular flexibility index (Phi) is 3.40. The predicted molar refractivity (Wildman–Crippen MR) is 66.5 cm³/mol. The van der Waals surface area contributed by atoms with Crippen molar-refractivity contribution in [3.8, 4) is 0 Å². The zero-order valence-corrected chi connectivity index (χ0v) is 10.3. The number of fused-ring (bicyclic) bond motifs is 1. The van der Waals surface area contributed by atoms with E-state index in [1.165, 1.54) is 0 Å². The molecule has 18 heavy (non-hydrogen) atoms. The van der Waals surface area contributed by atoms with Crippen LogP contribution in [0.5, 0.6) is 0 Å². The maximum atomic E-state index is 5.63.